The number of nitrogens with two attached hydrogens (primary N) is 1. The Morgan fingerprint density at radius 1 is 1.21 bits per heavy atom. The Morgan fingerprint density at radius 2 is 1.94 bits per heavy atom. The molecule has 5 rings (SSSR count). The Hall–Kier alpha value is -3.25. The standard InChI is InChI=1S/C22H30N8O4/c1-28(22(32)30-3-2-16(31)13-30)15-8-17(9-15)34-19-10-18(14-11-24-20(23)25-12-14)26-21(27-19)29-4-6-33-7-5-29/h10-12,15-17,31H,2-9,13H2,1H3,(H2,23,24,25)/t15-,16-,17-/m0/s1. The SMILES string of the molecule is CN(C(=O)N1CC[C@H](O)C1)[C@H]1C[C@H](Oc2cc(-c3cnc(N)nc3)nc(N3CCOCC3)n2)C1. The third-order valence-electron chi connectivity index (χ3n) is 6.59. The van der Waals surface area contributed by atoms with Crippen molar-refractivity contribution in [3.8, 4) is 17.1 Å². The summed E-state index contributed by atoms with van der Waals surface area (Å²) >= 11 is 0. The number of hydrogen-bond acceptors (Lipinski definition) is 10. The van der Waals surface area contributed by atoms with Crippen LogP contribution in [-0.4, -0.2) is 106 Å². The highest BCUT2D eigenvalue weighted by atomic mass is 16.5. The predicted molar refractivity (Wildman–Crippen MR) is 123 cm³/mol. The molecule has 1 atom stereocenters. The lowest BCUT2D eigenvalue weighted by atomic mass is 9.88. The lowest BCUT2D eigenvalue weighted by Gasteiger charge is -2.41. The van der Waals surface area contributed by atoms with Crippen LogP contribution in [0.5, 0.6) is 5.88 Å². The number of nitrogen functional groups attached to an aromatic ring is 1. The van der Waals surface area contributed by atoms with E-state index >= 15 is 0 Å². The summed E-state index contributed by atoms with van der Waals surface area (Å²) in [6, 6.07) is 1.84. The number of nitrogens with zero attached hydrogens (tertiary/aromatic N) is 7. The number of morpholine rings is 1. The van der Waals surface area contributed by atoms with Gasteiger partial charge in [-0.1, -0.05) is 0 Å². The van der Waals surface area contributed by atoms with E-state index < -0.39 is 6.10 Å². The van der Waals surface area contributed by atoms with Crippen molar-refractivity contribution >= 4 is 17.9 Å². The molecule has 0 spiro atoms. The van der Waals surface area contributed by atoms with Crippen molar-refractivity contribution < 1.29 is 19.4 Å². The van der Waals surface area contributed by atoms with Gasteiger partial charge in [0.05, 0.1) is 25.0 Å². The van der Waals surface area contributed by atoms with Crippen molar-refractivity contribution in [3.63, 3.8) is 0 Å². The highest BCUT2D eigenvalue weighted by Crippen LogP contribution is 2.32. The van der Waals surface area contributed by atoms with Crippen molar-refractivity contribution in [2.45, 2.75) is 37.5 Å². The second-order valence-electron chi connectivity index (χ2n) is 8.97. The number of rotatable bonds is 5. The molecule has 12 nitrogen and oxygen atoms in total. The topological polar surface area (TPSA) is 143 Å². The number of likely N-dealkylation sites (tertiary alicyclic amines) is 1. The van der Waals surface area contributed by atoms with Crippen LogP contribution in [0.3, 0.4) is 0 Å². The van der Waals surface area contributed by atoms with Crippen LogP contribution in [0.2, 0.25) is 0 Å². The number of aromatic nitrogens is 4. The summed E-state index contributed by atoms with van der Waals surface area (Å²) < 4.78 is 11.7. The largest absolute Gasteiger partial charge is 0.474 e. The fraction of sp³-hybridized carbons (Fsp3) is 0.591. The summed E-state index contributed by atoms with van der Waals surface area (Å²) in [5.74, 6) is 1.25. The smallest absolute Gasteiger partial charge is 0.320 e. The van der Waals surface area contributed by atoms with Crippen LogP contribution in [0.25, 0.3) is 11.3 Å². The molecule has 12 heteroatoms. The lowest BCUT2D eigenvalue weighted by molar-refractivity contribution is 0.0334. The zero-order valence-corrected chi connectivity index (χ0v) is 19.2. The van der Waals surface area contributed by atoms with E-state index in [1.54, 1.807) is 28.3 Å². The number of carbonyl (C=O) groups is 1. The number of aliphatic hydroxyl groups excluding tert-OH is 1. The maximum Gasteiger partial charge on any atom is 0.320 e. The highest BCUT2D eigenvalue weighted by molar-refractivity contribution is 5.75. The molecule has 182 valence electrons. The van der Waals surface area contributed by atoms with Crippen molar-refractivity contribution in [2.24, 2.45) is 0 Å². The maximum absolute atomic E-state index is 12.7. The molecular weight excluding hydrogens is 440 g/mol. The van der Waals surface area contributed by atoms with Crippen LogP contribution in [0.15, 0.2) is 18.5 Å². The first-order valence-electron chi connectivity index (χ1n) is 11.6. The molecule has 0 unspecified atom stereocenters. The van der Waals surface area contributed by atoms with Crippen LogP contribution in [-0.2, 0) is 4.74 Å². The summed E-state index contributed by atoms with van der Waals surface area (Å²) in [7, 11) is 1.81. The molecular formula is C22H30N8O4. The van der Waals surface area contributed by atoms with Gasteiger partial charge >= 0.3 is 6.03 Å². The minimum absolute atomic E-state index is 0.0396. The molecule has 0 bridgehead atoms. The first-order chi connectivity index (χ1) is 16.5. The normalized spacial score (nSPS) is 24.6. The van der Waals surface area contributed by atoms with Crippen LogP contribution in [0.1, 0.15) is 19.3 Å². The number of aliphatic hydroxyl groups is 1. The second-order valence-corrected chi connectivity index (χ2v) is 8.97. The maximum atomic E-state index is 12.7. The van der Waals surface area contributed by atoms with Crippen LogP contribution >= 0.6 is 0 Å². The van der Waals surface area contributed by atoms with Gasteiger partial charge in [-0.2, -0.15) is 4.98 Å². The van der Waals surface area contributed by atoms with Crippen molar-refractivity contribution in [2.75, 3.05) is 57.1 Å². The molecule has 2 saturated heterocycles. The summed E-state index contributed by atoms with van der Waals surface area (Å²) in [6.45, 7) is 3.63. The van der Waals surface area contributed by atoms with E-state index in [2.05, 4.69) is 19.9 Å². The van der Waals surface area contributed by atoms with Crippen LogP contribution in [0.4, 0.5) is 16.7 Å². The predicted octanol–water partition coefficient (Wildman–Crippen LogP) is 0.381. The molecule has 2 aromatic rings. The Morgan fingerprint density at radius 3 is 2.62 bits per heavy atom. The lowest BCUT2D eigenvalue weighted by Crippen LogP contribution is -2.53. The fourth-order valence-electron chi connectivity index (χ4n) is 4.41. The molecule has 2 amide bonds. The first-order valence-corrected chi connectivity index (χ1v) is 11.6. The van der Waals surface area contributed by atoms with Gasteiger partial charge in [-0.15, -0.1) is 0 Å². The molecule has 34 heavy (non-hydrogen) atoms. The van der Waals surface area contributed by atoms with Gasteiger partial charge in [0, 0.05) is 76.1 Å². The summed E-state index contributed by atoms with van der Waals surface area (Å²) in [5.41, 5.74) is 7.01. The minimum atomic E-state index is -0.422. The monoisotopic (exact) mass is 470 g/mol. The Balaban J connectivity index is 1.27. The zero-order chi connectivity index (χ0) is 23.7. The Labute approximate surface area is 197 Å². The van der Waals surface area contributed by atoms with Crippen molar-refractivity contribution in [1.82, 2.24) is 29.7 Å². The summed E-state index contributed by atoms with van der Waals surface area (Å²) in [5, 5.41) is 9.71. The van der Waals surface area contributed by atoms with Gasteiger partial charge in [0.25, 0.3) is 0 Å². The summed E-state index contributed by atoms with van der Waals surface area (Å²) in [4.78, 5) is 35.7. The van der Waals surface area contributed by atoms with Gasteiger partial charge in [0.15, 0.2) is 0 Å². The third-order valence-corrected chi connectivity index (χ3v) is 6.59. The van der Waals surface area contributed by atoms with E-state index in [1.165, 1.54) is 0 Å². The zero-order valence-electron chi connectivity index (χ0n) is 19.2. The van der Waals surface area contributed by atoms with Gasteiger partial charge in [0.1, 0.15) is 6.10 Å². The van der Waals surface area contributed by atoms with Gasteiger partial charge in [-0.3, -0.25) is 0 Å². The number of ether oxygens (including phenoxy) is 2. The molecule has 3 fully saturated rings. The number of carbonyl (C=O) groups excluding carboxylic acids is 1. The second kappa shape index (κ2) is 9.55. The van der Waals surface area contributed by atoms with Gasteiger partial charge in [0.2, 0.25) is 17.8 Å². The average Bonchev–Trinajstić information content (AvgIpc) is 3.27. The first kappa shape index (κ1) is 22.5. The quantitative estimate of drug-likeness (QED) is 0.629. The fourth-order valence-corrected chi connectivity index (χ4v) is 4.41. The van der Waals surface area contributed by atoms with E-state index in [9.17, 15) is 9.90 Å². The van der Waals surface area contributed by atoms with Crippen LogP contribution in [0, 0.1) is 0 Å². The molecule has 2 aromatic heterocycles. The van der Waals surface area contributed by atoms with Gasteiger partial charge in [-0.25, -0.2) is 19.7 Å². The number of anilines is 2. The Bertz CT molecular complexity index is 1010. The molecule has 0 radical (unpaired) electrons. The average molecular weight is 471 g/mol. The van der Waals surface area contributed by atoms with Crippen LogP contribution < -0.4 is 15.4 Å². The van der Waals surface area contributed by atoms with Gasteiger partial charge in [-0.05, 0) is 6.42 Å². The highest BCUT2D eigenvalue weighted by Gasteiger charge is 2.38. The van der Waals surface area contributed by atoms with E-state index in [1.807, 2.05) is 7.05 Å². The molecule has 0 aromatic carbocycles. The number of β-amino-alcohol motifs (C(OH)–C–C–N with tert-alkyl or cyclic N) is 1. The molecule has 3 aliphatic rings. The molecule has 1 saturated carbocycles. The summed E-state index contributed by atoms with van der Waals surface area (Å²) in [6.07, 6.45) is 4.86. The van der Waals surface area contributed by atoms with E-state index in [0.29, 0.717) is 63.3 Å². The molecule has 2 aliphatic heterocycles. The van der Waals surface area contributed by atoms with E-state index in [0.717, 1.165) is 18.4 Å². The number of amides is 2. The molecule has 4 heterocycles. The van der Waals surface area contributed by atoms with E-state index in [4.69, 9.17) is 20.2 Å². The molecule has 3 N–H and O–H groups in total. The third kappa shape index (κ3) is 4.82. The van der Waals surface area contributed by atoms with Crippen molar-refractivity contribution in [1.29, 1.82) is 0 Å². The number of hydrogen-bond donors (Lipinski definition) is 2. The minimum Gasteiger partial charge on any atom is -0.474 e. The Kier molecular flexibility index (Phi) is 6.33. The van der Waals surface area contributed by atoms with E-state index in [-0.39, 0.29) is 24.1 Å². The van der Waals surface area contributed by atoms with Gasteiger partial charge < -0.3 is 35.0 Å². The number of urea groups is 1. The van der Waals surface area contributed by atoms with Crippen molar-refractivity contribution in [3.05, 3.63) is 18.5 Å². The molecule has 1 aliphatic carbocycles.